The first-order chi connectivity index (χ1) is 14.4. The SMILES string of the molecule is CC(C)=CCCC(C)=CCCC(C)=CCCC(C)(O)CCc1c(C)c(C)cc(O)c1O. The van der Waals surface area contributed by atoms with Crippen LogP contribution in [0.4, 0.5) is 0 Å². The molecule has 0 bridgehead atoms. The minimum atomic E-state index is -0.809. The highest BCUT2D eigenvalue weighted by Gasteiger charge is 2.22. The summed E-state index contributed by atoms with van der Waals surface area (Å²) in [6, 6.07) is 1.58. The monoisotopic (exact) mass is 428 g/mol. The Bertz CT molecular complexity index is 780. The van der Waals surface area contributed by atoms with Crippen LogP contribution in [0.15, 0.2) is 41.0 Å². The van der Waals surface area contributed by atoms with E-state index in [0.29, 0.717) is 19.3 Å². The second-order valence-corrected chi connectivity index (χ2v) is 9.66. The van der Waals surface area contributed by atoms with E-state index in [1.54, 1.807) is 6.07 Å². The van der Waals surface area contributed by atoms with E-state index in [1.807, 2.05) is 20.8 Å². The predicted molar refractivity (Wildman–Crippen MR) is 133 cm³/mol. The Labute approximate surface area is 190 Å². The summed E-state index contributed by atoms with van der Waals surface area (Å²) >= 11 is 0. The van der Waals surface area contributed by atoms with E-state index in [1.165, 1.54) is 16.7 Å². The van der Waals surface area contributed by atoms with E-state index in [9.17, 15) is 15.3 Å². The van der Waals surface area contributed by atoms with E-state index in [-0.39, 0.29) is 11.5 Å². The second-order valence-electron chi connectivity index (χ2n) is 9.66. The van der Waals surface area contributed by atoms with Gasteiger partial charge in [0.2, 0.25) is 0 Å². The van der Waals surface area contributed by atoms with Gasteiger partial charge in [0.1, 0.15) is 0 Å². The van der Waals surface area contributed by atoms with E-state index in [0.717, 1.165) is 48.8 Å². The third kappa shape index (κ3) is 10.2. The van der Waals surface area contributed by atoms with Gasteiger partial charge in [-0.1, -0.05) is 34.9 Å². The van der Waals surface area contributed by atoms with Crippen molar-refractivity contribution in [3.8, 4) is 11.5 Å². The lowest BCUT2D eigenvalue weighted by molar-refractivity contribution is 0.0431. The van der Waals surface area contributed by atoms with Gasteiger partial charge in [-0.05, 0) is 117 Å². The summed E-state index contributed by atoms with van der Waals surface area (Å²) in [4.78, 5) is 0. The molecule has 0 heterocycles. The first-order valence-electron chi connectivity index (χ1n) is 11.6. The maximum Gasteiger partial charge on any atom is 0.160 e. The molecule has 0 fully saturated rings. The molecule has 0 spiro atoms. The van der Waals surface area contributed by atoms with Crippen LogP contribution in [-0.4, -0.2) is 20.9 Å². The Morgan fingerprint density at radius 1 is 0.871 bits per heavy atom. The number of phenols is 2. The Morgan fingerprint density at radius 2 is 1.42 bits per heavy atom. The summed E-state index contributed by atoms with van der Waals surface area (Å²) in [5.41, 5.74) is 6.05. The van der Waals surface area contributed by atoms with Crippen molar-refractivity contribution in [3.05, 3.63) is 57.7 Å². The van der Waals surface area contributed by atoms with Gasteiger partial charge in [0, 0.05) is 5.56 Å². The average Bonchev–Trinajstić information content (AvgIpc) is 2.66. The molecule has 1 aromatic carbocycles. The van der Waals surface area contributed by atoms with Crippen LogP contribution in [0.2, 0.25) is 0 Å². The van der Waals surface area contributed by atoms with Gasteiger partial charge in [0.05, 0.1) is 5.60 Å². The van der Waals surface area contributed by atoms with Gasteiger partial charge < -0.3 is 15.3 Å². The van der Waals surface area contributed by atoms with Gasteiger partial charge in [-0.3, -0.25) is 0 Å². The van der Waals surface area contributed by atoms with E-state index >= 15 is 0 Å². The number of allylic oxidation sites excluding steroid dienone is 6. The average molecular weight is 429 g/mol. The van der Waals surface area contributed by atoms with Crippen molar-refractivity contribution in [1.82, 2.24) is 0 Å². The van der Waals surface area contributed by atoms with Crippen LogP contribution in [-0.2, 0) is 6.42 Å². The number of aryl methyl sites for hydroxylation is 1. The summed E-state index contributed by atoms with van der Waals surface area (Å²) < 4.78 is 0. The molecule has 0 aliphatic heterocycles. The van der Waals surface area contributed by atoms with Crippen molar-refractivity contribution in [2.75, 3.05) is 0 Å². The number of phenolic OH excluding ortho intramolecular Hbond substituents is 2. The summed E-state index contributed by atoms with van der Waals surface area (Å²) in [6.07, 6.45) is 13.8. The Hall–Kier alpha value is -2.00. The minimum Gasteiger partial charge on any atom is -0.504 e. The quantitative estimate of drug-likeness (QED) is 0.237. The van der Waals surface area contributed by atoms with E-state index in [2.05, 4.69) is 45.9 Å². The summed E-state index contributed by atoms with van der Waals surface area (Å²) in [6.45, 7) is 14.4. The zero-order valence-corrected chi connectivity index (χ0v) is 20.8. The van der Waals surface area contributed by atoms with Crippen molar-refractivity contribution in [1.29, 1.82) is 0 Å². The highest BCUT2D eigenvalue weighted by Crippen LogP contribution is 2.35. The second kappa shape index (κ2) is 12.8. The molecule has 0 radical (unpaired) electrons. The molecule has 0 aliphatic carbocycles. The third-order valence-electron chi connectivity index (χ3n) is 6.14. The molecule has 1 unspecified atom stereocenters. The number of rotatable bonds is 12. The molecular weight excluding hydrogens is 384 g/mol. The lowest BCUT2D eigenvalue weighted by Crippen LogP contribution is -2.24. The molecule has 1 aromatic rings. The van der Waals surface area contributed by atoms with Crippen LogP contribution in [0.3, 0.4) is 0 Å². The van der Waals surface area contributed by atoms with Gasteiger partial charge in [-0.2, -0.15) is 0 Å². The first-order valence-corrected chi connectivity index (χ1v) is 11.6. The van der Waals surface area contributed by atoms with Crippen molar-refractivity contribution < 1.29 is 15.3 Å². The molecule has 0 amide bonds. The van der Waals surface area contributed by atoms with Gasteiger partial charge in [0.25, 0.3) is 0 Å². The highest BCUT2D eigenvalue weighted by molar-refractivity contribution is 5.52. The Morgan fingerprint density at radius 3 is 2.00 bits per heavy atom. The molecule has 3 heteroatoms. The van der Waals surface area contributed by atoms with Gasteiger partial charge >= 0.3 is 0 Å². The smallest absolute Gasteiger partial charge is 0.160 e. The zero-order chi connectivity index (χ0) is 23.6. The van der Waals surface area contributed by atoms with Crippen LogP contribution in [0.1, 0.15) is 96.3 Å². The largest absolute Gasteiger partial charge is 0.504 e. The molecule has 0 saturated carbocycles. The van der Waals surface area contributed by atoms with Crippen molar-refractivity contribution in [2.45, 2.75) is 105 Å². The van der Waals surface area contributed by atoms with Crippen molar-refractivity contribution in [3.63, 3.8) is 0 Å². The maximum absolute atomic E-state index is 10.8. The predicted octanol–water partition coefficient (Wildman–Crippen LogP) is 7.60. The number of aliphatic hydroxyl groups is 1. The topological polar surface area (TPSA) is 60.7 Å². The number of hydrogen-bond donors (Lipinski definition) is 3. The summed E-state index contributed by atoms with van der Waals surface area (Å²) in [5.74, 6) is -0.142. The molecule has 3 N–H and O–H groups in total. The lowest BCUT2D eigenvalue weighted by atomic mass is 9.89. The van der Waals surface area contributed by atoms with Gasteiger partial charge in [-0.25, -0.2) is 0 Å². The van der Waals surface area contributed by atoms with Gasteiger partial charge in [-0.15, -0.1) is 0 Å². The van der Waals surface area contributed by atoms with Crippen molar-refractivity contribution >= 4 is 0 Å². The van der Waals surface area contributed by atoms with E-state index in [4.69, 9.17) is 0 Å². The molecule has 1 rings (SSSR count). The molecule has 31 heavy (non-hydrogen) atoms. The molecule has 0 aliphatic rings. The summed E-state index contributed by atoms with van der Waals surface area (Å²) in [7, 11) is 0. The van der Waals surface area contributed by atoms with Crippen molar-refractivity contribution in [2.24, 2.45) is 0 Å². The van der Waals surface area contributed by atoms with Crippen LogP contribution in [0.5, 0.6) is 11.5 Å². The Balaban J connectivity index is 2.48. The Kier molecular flexibility index (Phi) is 11.1. The van der Waals surface area contributed by atoms with Crippen LogP contribution in [0.25, 0.3) is 0 Å². The van der Waals surface area contributed by atoms with Gasteiger partial charge in [0.15, 0.2) is 11.5 Å². The fourth-order valence-electron chi connectivity index (χ4n) is 3.75. The molecule has 1 atom stereocenters. The maximum atomic E-state index is 10.8. The molecular formula is C28H44O3. The fourth-order valence-corrected chi connectivity index (χ4v) is 3.75. The molecule has 0 saturated heterocycles. The van der Waals surface area contributed by atoms with E-state index < -0.39 is 5.60 Å². The standard InChI is InChI=1S/C28H44O3/c1-20(2)11-8-12-21(3)13-9-14-22(4)15-10-17-28(7,31)18-16-25-24(6)23(5)19-26(29)27(25)30/h11,13,15,19,29-31H,8-10,12,14,16-18H2,1-7H3. The highest BCUT2D eigenvalue weighted by atomic mass is 16.3. The lowest BCUT2D eigenvalue weighted by Gasteiger charge is -2.24. The zero-order valence-electron chi connectivity index (χ0n) is 20.8. The molecule has 174 valence electrons. The van der Waals surface area contributed by atoms with Crippen LogP contribution < -0.4 is 0 Å². The molecule has 3 nitrogen and oxygen atoms in total. The number of aromatic hydroxyl groups is 2. The minimum absolute atomic E-state index is 0.0566. The third-order valence-corrected chi connectivity index (χ3v) is 6.14. The molecule has 0 aromatic heterocycles. The van der Waals surface area contributed by atoms with Crippen LogP contribution in [0, 0.1) is 13.8 Å². The number of benzene rings is 1. The summed E-state index contributed by atoms with van der Waals surface area (Å²) in [5, 5.41) is 30.9. The number of hydrogen-bond acceptors (Lipinski definition) is 3. The fraction of sp³-hybridized carbons (Fsp3) is 0.571. The van der Waals surface area contributed by atoms with Crippen LogP contribution >= 0.6 is 0 Å². The first kappa shape index (κ1) is 27.0. The normalized spacial score (nSPS) is 14.5.